The maximum Gasteiger partial charge on any atom is 0.433 e. The van der Waals surface area contributed by atoms with Crippen LogP contribution >= 0.6 is 0 Å². The van der Waals surface area contributed by atoms with Gasteiger partial charge in [-0.1, -0.05) is 12.1 Å². The van der Waals surface area contributed by atoms with E-state index in [1.807, 2.05) is 5.10 Å². The van der Waals surface area contributed by atoms with Crippen LogP contribution in [0, 0.1) is 0 Å². The third kappa shape index (κ3) is 1.64. The molecule has 0 amide bonds. The second-order valence-corrected chi connectivity index (χ2v) is 3.64. The van der Waals surface area contributed by atoms with Crippen molar-refractivity contribution in [3.63, 3.8) is 0 Å². The van der Waals surface area contributed by atoms with E-state index in [2.05, 4.69) is 10.1 Å². The maximum atomic E-state index is 12.7. The average molecular weight is 253 g/mol. The zero-order valence-electron chi connectivity index (χ0n) is 8.82. The lowest BCUT2D eigenvalue weighted by Gasteiger charge is -2.03. The molecule has 1 N–H and O–H groups in total. The van der Waals surface area contributed by atoms with Gasteiger partial charge in [0.2, 0.25) is 5.89 Å². The lowest BCUT2D eigenvalue weighted by molar-refractivity contribution is -0.140. The molecule has 7 heteroatoms. The molecule has 0 unspecified atom stereocenters. The van der Waals surface area contributed by atoms with Crippen LogP contribution in [0.3, 0.4) is 0 Å². The fourth-order valence-electron chi connectivity index (χ4n) is 1.65. The summed E-state index contributed by atoms with van der Waals surface area (Å²) in [6.45, 7) is 0. The molecule has 0 aliphatic carbocycles. The van der Waals surface area contributed by atoms with Gasteiger partial charge in [0.1, 0.15) is 5.52 Å². The molecule has 92 valence electrons. The van der Waals surface area contributed by atoms with Gasteiger partial charge in [0.25, 0.3) is 0 Å². The zero-order chi connectivity index (χ0) is 12.8. The van der Waals surface area contributed by atoms with Gasteiger partial charge in [-0.2, -0.15) is 18.3 Å². The molecule has 2 heterocycles. The van der Waals surface area contributed by atoms with Crippen LogP contribution in [0.15, 0.2) is 34.9 Å². The van der Waals surface area contributed by atoms with Crippen molar-refractivity contribution >= 4 is 11.1 Å². The Hall–Kier alpha value is -2.31. The number of aromatic nitrogens is 3. The number of H-pyrrole nitrogens is 1. The third-order valence-corrected chi connectivity index (χ3v) is 2.45. The van der Waals surface area contributed by atoms with Crippen LogP contribution in [0.1, 0.15) is 5.69 Å². The molecule has 0 radical (unpaired) electrons. The molecule has 2 aromatic heterocycles. The van der Waals surface area contributed by atoms with E-state index in [1.165, 1.54) is 0 Å². The third-order valence-electron chi connectivity index (χ3n) is 2.45. The van der Waals surface area contributed by atoms with Crippen molar-refractivity contribution in [2.75, 3.05) is 0 Å². The summed E-state index contributed by atoms with van der Waals surface area (Å²) in [6, 6.07) is 6.75. The fraction of sp³-hybridized carbons (Fsp3) is 0.0909. The van der Waals surface area contributed by atoms with E-state index < -0.39 is 11.9 Å². The summed E-state index contributed by atoms with van der Waals surface area (Å²) in [4.78, 5) is 4.00. The first kappa shape index (κ1) is 10.8. The van der Waals surface area contributed by atoms with Gasteiger partial charge in [0, 0.05) is 0 Å². The van der Waals surface area contributed by atoms with Crippen LogP contribution in [0.2, 0.25) is 0 Å². The molecule has 0 bridgehead atoms. The number of oxazole rings is 1. The number of hydrogen-bond donors (Lipinski definition) is 1. The zero-order valence-corrected chi connectivity index (χ0v) is 8.82. The molecule has 0 saturated heterocycles. The number of para-hydroxylation sites is 2. The Labute approximate surface area is 98.4 Å². The van der Waals surface area contributed by atoms with E-state index in [0.717, 1.165) is 6.20 Å². The Morgan fingerprint density at radius 1 is 1.17 bits per heavy atom. The topological polar surface area (TPSA) is 54.7 Å². The number of fused-ring (bicyclic) bond motifs is 1. The minimum Gasteiger partial charge on any atom is -0.436 e. The quantitative estimate of drug-likeness (QED) is 0.724. The van der Waals surface area contributed by atoms with Gasteiger partial charge in [-0.05, 0) is 12.1 Å². The molecule has 0 atom stereocenters. The summed E-state index contributed by atoms with van der Waals surface area (Å²) >= 11 is 0. The summed E-state index contributed by atoms with van der Waals surface area (Å²) in [7, 11) is 0. The van der Waals surface area contributed by atoms with Gasteiger partial charge in [-0.3, -0.25) is 5.10 Å². The summed E-state index contributed by atoms with van der Waals surface area (Å²) in [6.07, 6.45) is -3.47. The highest BCUT2D eigenvalue weighted by Crippen LogP contribution is 2.35. The summed E-state index contributed by atoms with van der Waals surface area (Å²) in [5, 5.41) is 5.30. The van der Waals surface area contributed by atoms with E-state index in [0.29, 0.717) is 11.1 Å². The van der Waals surface area contributed by atoms with Crippen LogP contribution in [0.4, 0.5) is 13.2 Å². The molecule has 0 fully saturated rings. The average Bonchev–Trinajstić information content (AvgIpc) is 2.94. The Balaban J connectivity index is 2.18. The molecule has 0 aliphatic heterocycles. The van der Waals surface area contributed by atoms with E-state index in [4.69, 9.17) is 4.42 Å². The van der Waals surface area contributed by atoms with E-state index in [1.54, 1.807) is 24.3 Å². The van der Waals surface area contributed by atoms with E-state index >= 15 is 0 Å². The van der Waals surface area contributed by atoms with E-state index in [9.17, 15) is 13.2 Å². The Bertz CT molecular complexity index is 666. The molecule has 18 heavy (non-hydrogen) atoms. The minimum absolute atomic E-state index is 0.0997. The second kappa shape index (κ2) is 3.59. The lowest BCUT2D eigenvalue weighted by Crippen LogP contribution is -2.07. The number of rotatable bonds is 1. The minimum atomic E-state index is -4.52. The predicted molar refractivity (Wildman–Crippen MR) is 56.6 cm³/mol. The standard InChI is InChI=1S/C11H6F3N3O/c12-11(13,14)9-6(5-15-17-9)10-16-7-3-1-2-4-8(7)18-10/h1-5H,(H,15,17). The number of aromatic amines is 1. The molecule has 0 aliphatic rings. The van der Waals surface area contributed by atoms with Crippen LogP contribution < -0.4 is 0 Å². The molecule has 3 rings (SSSR count). The highest BCUT2D eigenvalue weighted by atomic mass is 19.4. The molecular formula is C11H6F3N3O. The molecular weight excluding hydrogens is 247 g/mol. The number of nitrogens with one attached hydrogen (secondary N) is 1. The van der Waals surface area contributed by atoms with Crippen LogP contribution in [-0.2, 0) is 6.18 Å². The van der Waals surface area contributed by atoms with Gasteiger partial charge in [-0.25, -0.2) is 4.98 Å². The maximum absolute atomic E-state index is 12.7. The number of nitrogens with zero attached hydrogens (tertiary/aromatic N) is 2. The van der Waals surface area contributed by atoms with Crippen LogP contribution in [0.5, 0.6) is 0 Å². The highest BCUT2D eigenvalue weighted by Gasteiger charge is 2.37. The lowest BCUT2D eigenvalue weighted by atomic mass is 10.2. The van der Waals surface area contributed by atoms with E-state index in [-0.39, 0.29) is 11.5 Å². The van der Waals surface area contributed by atoms with Crippen molar-refractivity contribution < 1.29 is 17.6 Å². The van der Waals surface area contributed by atoms with Gasteiger partial charge in [0.15, 0.2) is 11.3 Å². The molecule has 3 aromatic rings. The highest BCUT2D eigenvalue weighted by molar-refractivity contribution is 5.76. The Kier molecular flexibility index (Phi) is 2.16. The first-order chi connectivity index (χ1) is 8.55. The van der Waals surface area contributed by atoms with Gasteiger partial charge in [0.05, 0.1) is 11.8 Å². The molecule has 0 saturated carbocycles. The molecule has 4 nitrogen and oxygen atoms in total. The van der Waals surface area contributed by atoms with Crippen LogP contribution in [-0.4, -0.2) is 15.2 Å². The van der Waals surface area contributed by atoms with Gasteiger partial charge in [-0.15, -0.1) is 0 Å². The largest absolute Gasteiger partial charge is 0.436 e. The number of hydrogen-bond acceptors (Lipinski definition) is 3. The summed E-state index contributed by atoms with van der Waals surface area (Å²) in [5.41, 5.74) is -0.226. The normalized spacial score (nSPS) is 12.2. The summed E-state index contributed by atoms with van der Waals surface area (Å²) < 4.78 is 43.3. The fourth-order valence-corrected chi connectivity index (χ4v) is 1.65. The second-order valence-electron chi connectivity index (χ2n) is 3.64. The predicted octanol–water partition coefficient (Wildman–Crippen LogP) is 3.24. The van der Waals surface area contributed by atoms with Gasteiger partial charge < -0.3 is 4.42 Å². The van der Waals surface area contributed by atoms with Crippen molar-refractivity contribution in [1.82, 2.24) is 15.2 Å². The summed E-state index contributed by atoms with van der Waals surface area (Å²) in [5.74, 6) is -0.0997. The number of benzene rings is 1. The Morgan fingerprint density at radius 2 is 1.94 bits per heavy atom. The smallest absolute Gasteiger partial charge is 0.433 e. The SMILES string of the molecule is FC(F)(F)c1[nH]ncc1-c1nc2ccccc2o1. The van der Waals surface area contributed by atoms with Crippen molar-refractivity contribution in [3.8, 4) is 11.5 Å². The number of halogens is 3. The monoisotopic (exact) mass is 253 g/mol. The van der Waals surface area contributed by atoms with Crippen molar-refractivity contribution in [2.45, 2.75) is 6.18 Å². The first-order valence-electron chi connectivity index (χ1n) is 5.02. The molecule has 0 spiro atoms. The van der Waals surface area contributed by atoms with Crippen LogP contribution in [0.25, 0.3) is 22.6 Å². The van der Waals surface area contributed by atoms with Crippen molar-refractivity contribution in [3.05, 3.63) is 36.2 Å². The van der Waals surface area contributed by atoms with Crippen molar-refractivity contribution in [1.29, 1.82) is 0 Å². The first-order valence-corrected chi connectivity index (χ1v) is 5.02. The van der Waals surface area contributed by atoms with Crippen molar-refractivity contribution in [2.24, 2.45) is 0 Å². The van der Waals surface area contributed by atoms with Gasteiger partial charge >= 0.3 is 6.18 Å². The number of alkyl halides is 3. The molecule has 1 aromatic carbocycles. The Morgan fingerprint density at radius 3 is 2.67 bits per heavy atom.